The van der Waals surface area contributed by atoms with Crippen molar-refractivity contribution in [1.29, 1.82) is 0 Å². The molecule has 144 valence electrons. The minimum absolute atomic E-state index is 0.0421. The molecule has 1 aromatic heterocycles. The number of amides is 1. The first kappa shape index (κ1) is 20.6. The molecule has 0 spiro atoms. The van der Waals surface area contributed by atoms with Gasteiger partial charge in [-0.05, 0) is 26.3 Å². The van der Waals surface area contributed by atoms with Crippen LogP contribution >= 0.6 is 11.3 Å². The van der Waals surface area contributed by atoms with Crippen LogP contribution in [0.25, 0.3) is 0 Å². The molecule has 0 fully saturated rings. The van der Waals surface area contributed by atoms with Gasteiger partial charge >= 0.3 is 11.9 Å². The Hall–Kier alpha value is -2.74. The Balaban J connectivity index is 1.85. The van der Waals surface area contributed by atoms with Crippen molar-refractivity contribution >= 4 is 34.3 Å². The maximum absolute atomic E-state index is 12.3. The minimum atomic E-state index is -0.866. The molecular weight excluding hydrogens is 368 g/mol. The summed E-state index contributed by atoms with van der Waals surface area (Å²) in [5.41, 5.74) is 0.449. The average Bonchev–Trinajstić information content (AvgIpc) is 3.07. The van der Waals surface area contributed by atoms with Gasteiger partial charge in [-0.2, -0.15) is 0 Å². The molecule has 0 saturated heterocycles. The number of nitrogens with zero attached hydrogens (tertiary/aromatic N) is 1. The summed E-state index contributed by atoms with van der Waals surface area (Å²) in [5.74, 6) is -1.37. The minimum Gasteiger partial charge on any atom is -0.466 e. The quantitative estimate of drug-likeness (QED) is 0.697. The van der Waals surface area contributed by atoms with E-state index in [0.29, 0.717) is 17.4 Å². The number of hydrogen-bond acceptors (Lipinski definition) is 7. The van der Waals surface area contributed by atoms with Crippen molar-refractivity contribution < 1.29 is 23.9 Å². The van der Waals surface area contributed by atoms with Gasteiger partial charge in [-0.25, -0.2) is 4.98 Å². The summed E-state index contributed by atoms with van der Waals surface area (Å²) in [6.07, 6.45) is 0.0421. The molecule has 0 atom stereocenters. The van der Waals surface area contributed by atoms with E-state index in [0.717, 1.165) is 5.56 Å². The Morgan fingerprint density at radius 3 is 2.52 bits per heavy atom. The van der Waals surface area contributed by atoms with Gasteiger partial charge in [0.05, 0.1) is 24.1 Å². The fourth-order valence-electron chi connectivity index (χ4n) is 2.25. The third kappa shape index (κ3) is 5.89. The van der Waals surface area contributed by atoms with E-state index in [1.165, 1.54) is 11.3 Å². The SMILES string of the molecule is CCOC(=O)Cc1csc(NC(=O)COC(=O)C(C)(C)c2ccccc2)n1. The molecule has 2 rings (SSSR count). The number of carbonyl (C=O) groups is 3. The third-order valence-electron chi connectivity index (χ3n) is 3.77. The molecular formula is C19H22N2O5S. The first-order valence-corrected chi connectivity index (χ1v) is 9.33. The lowest BCUT2D eigenvalue weighted by molar-refractivity contribution is -0.152. The molecule has 0 radical (unpaired) electrons. The summed E-state index contributed by atoms with van der Waals surface area (Å²) < 4.78 is 10.0. The number of rotatable bonds is 8. The predicted octanol–water partition coefficient (Wildman–Crippen LogP) is 2.71. The van der Waals surface area contributed by atoms with Crippen molar-refractivity contribution in [2.75, 3.05) is 18.5 Å². The number of thiazole rings is 1. The zero-order valence-corrected chi connectivity index (χ0v) is 16.3. The van der Waals surface area contributed by atoms with Crippen LogP contribution in [0.3, 0.4) is 0 Å². The topological polar surface area (TPSA) is 94.6 Å². The summed E-state index contributed by atoms with van der Waals surface area (Å²) in [4.78, 5) is 39.9. The normalized spacial score (nSPS) is 10.9. The molecule has 0 bridgehead atoms. The maximum atomic E-state index is 12.3. The van der Waals surface area contributed by atoms with Gasteiger partial charge in [0, 0.05) is 5.38 Å². The van der Waals surface area contributed by atoms with Crippen molar-refractivity contribution in [3.8, 4) is 0 Å². The smallest absolute Gasteiger partial charge is 0.316 e. The van der Waals surface area contributed by atoms with Gasteiger partial charge in [0.25, 0.3) is 5.91 Å². The molecule has 0 unspecified atom stereocenters. The van der Waals surface area contributed by atoms with Gasteiger partial charge in [0.1, 0.15) is 0 Å². The number of aromatic nitrogens is 1. The number of anilines is 1. The first-order chi connectivity index (χ1) is 12.8. The lowest BCUT2D eigenvalue weighted by Crippen LogP contribution is -2.33. The number of benzene rings is 1. The fourth-order valence-corrected chi connectivity index (χ4v) is 2.97. The van der Waals surface area contributed by atoms with Crippen LogP contribution in [0.5, 0.6) is 0 Å². The van der Waals surface area contributed by atoms with Crippen LogP contribution in [0.15, 0.2) is 35.7 Å². The molecule has 1 N–H and O–H groups in total. The average molecular weight is 390 g/mol. The standard InChI is InChI=1S/C19H22N2O5S/c1-4-25-16(23)10-14-12-27-18(20-14)21-15(22)11-26-17(24)19(2,3)13-8-6-5-7-9-13/h5-9,12H,4,10-11H2,1-3H3,(H,20,21,22). The fraction of sp³-hybridized carbons (Fsp3) is 0.368. The van der Waals surface area contributed by atoms with E-state index in [1.54, 1.807) is 26.2 Å². The van der Waals surface area contributed by atoms with E-state index in [1.807, 2.05) is 30.3 Å². The first-order valence-electron chi connectivity index (χ1n) is 8.45. The zero-order valence-electron chi connectivity index (χ0n) is 15.5. The predicted molar refractivity (Wildman–Crippen MR) is 102 cm³/mol. The molecule has 0 aliphatic rings. The van der Waals surface area contributed by atoms with Crippen LogP contribution in [0.1, 0.15) is 32.0 Å². The van der Waals surface area contributed by atoms with E-state index in [4.69, 9.17) is 9.47 Å². The van der Waals surface area contributed by atoms with Crippen LogP contribution in [0.4, 0.5) is 5.13 Å². The molecule has 1 aromatic carbocycles. The van der Waals surface area contributed by atoms with Crippen molar-refractivity contribution in [2.45, 2.75) is 32.6 Å². The van der Waals surface area contributed by atoms with Crippen LogP contribution < -0.4 is 5.32 Å². The molecule has 8 heteroatoms. The second-order valence-electron chi connectivity index (χ2n) is 6.24. The molecule has 0 aliphatic carbocycles. The molecule has 0 aliphatic heterocycles. The van der Waals surface area contributed by atoms with E-state index in [9.17, 15) is 14.4 Å². The highest BCUT2D eigenvalue weighted by Crippen LogP contribution is 2.24. The van der Waals surface area contributed by atoms with E-state index in [2.05, 4.69) is 10.3 Å². The zero-order chi connectivity index (χ0) is 19.9. The second-order valence-corrected chi connectivity index (χ2v) is 7.10. The molecule has 1 heterocycles. The van der Waals surface area contributed by atoms with Crippen molar-refractivity contribution in [1.82, 2.24) is 4.98 Å². The lowest BCUT2D eigenvalue weighted by Gasteiger charge is -2.22. The molecule has 1 amide bonds. The summed E-state index contributed by atoms with van der Waals surface area (Å²) in [6.45, 7) is 5.10. The largest absolute Gasteiger partial charge is 0.466 e. The highest BCUT2D eigenvalue weighted by Gasteiger charge is 2.31. The molecule has 0 saturated carbocycles. The summed E-state index contributed by atoms with van der Waals surface area (Å²) in [7, 11) is 0. The Labute approximate surface area is 161 Å². The van der Waals surface area contributed by atoms with Crippen LogP contribution in [0.2, 0.25) is 0 Å². The van der Waals surface area contributed by atoms with Crippen molar-refractivity contribution in [2.24, 2.45) is 0 Å². The summed E-state index contributed by atoms with van der Waals surface area (Å²) in [6, 6.07) is 9.22. The molecule has 27 heavy (non-hydrogen) atoms. The van der Waals surface area contributed by atoms with Gasteiger partial charge < -0.3 is 9.47 Å². The number of ether oxygens (including phenoxy) is 2. The Morgan fingerprint density at radius 2 is 1.85 bits per heavy atom. The summed E-state index contributed by atoms with van der Waals surface area (Å²) >= 11 is 1.18. The Bertz CT molecular complexity index is 801. The highest BCUT2D eigenvalue weighted by atomic mass is 32.1. The molecule has 7 nitrogen and oxygen atoms in total. The van der Waals surface area contributed by atoms with Crippen LogP contribution in [-0.4, -0.2) is 36.0 Å². The second kappa shape index (κ2) is 9.27. The van der Waals surface area contributed by atoms with Gasteiger partial charge in [0.2, 0.25) is 0 Å². The van der Waals surface area contributed by atoms with Gasteiger partial charge in [-0.1, -0.05) is 30.3 Å². The third-order valence-corrected chi connectivity index (χ3v) is 4.58. The number of esters is 2. The monoisotopic (exact) mass is 390 g/mol. The van der Waals surface area contributed by atoms with Crippen LogP contribution in [0, 0.1) is 0 Å². The van der Waals surface area contributed by atoms with Gasteiger partial charge in [-0.15, -0.1) is 11.3 Å². The van der Waals surface area contributed by atoms with Crippen LogP contribution in [-0.2, 0) is 35.7 Å². The Morgan fingerprint density at radius 1 is 1.15 bits per heavy atom. The van der Waals surface area contributed by atoms with Crippen molar-refractivity contribution in [3.05, 3.63) is 47.0 Å². The molecule has 2 aromatic rings. The van der Waals surface area contributed by atoms with E-state index < -0.39 is 23.9 Å². The van der Waals surface area contributed by atoms with E-state index >= 15 is 0 Å². The van der Waals surface area contributed by atoms with Gasteiger partial charge in [0.15, 0.2) is 11.7 Å². The number of nitrogens with one attached hydrogen (secondary N) is 1. The van der Waals surface area contributed by atoms with Crippen molar-refractivity contribution in [3.63, 3.8) is 0 Å². The number of carbonyl (C=O) groups excluding carboxylic acids is 3. The Kier molecular flexibility index (Phi) is 7.06. The lowest BCUT2D eigenvalue weighted by atomic mass is 9.85. The summed E-state index contributed by atoms with van der Waals surface area (Å²) in [5, 5.41) is 4.55. The number of hydrogen-bond donors (Lipinski definition) is 1. The van der Waals surface area contributed by atoms with Gasteiger partial charge in [-0.3, -0.25) is 19.7 Å². The maximum Gasteiger partial charge on any atom is 0.316 e. The highest BCUT2D eigenvalue weighted by molar-refractivity contribution is 7.13. The van der Waals surface area contributed by atoms with E-state index in [-0.39, 0.29) is 12.4 Å².